The molecule has 0 saturated heterocycles. The molecule has 0 aliphatic heterocycles. The zero-order chi connectivity index (χ0) is 12.7. The summed E-state index contributed by atoms with van der Waals surface area (Å²) in [5.74, 6) is 0. The molecule has 0 amide bonds. The van der Waals surface area contributed by atoms with Crippen molar-refractivity contribution in [3.8, 4) is 0 Å². The van der Waals surface area contributed by atoms with Crippen molar-refractivity contribution in [3.63, 3.8) is 0 Å². The number of aliphatic hydroxyl groups is 1. The zero-order valence-electron chi connectivity index (χ0n) is 11.7. The van der Waals surface area contributed by atoms with E-state index in [9.17, 15) is 5.11 Å². The van der Waals surface area contributed by atoms with Crippen molar-refractivity contribution in [3.05, 3.63) is 0 Å². The summed E-state index contributed by atoms with van der Waals surface area (Å²) in [6.07, 6.45) is 2.48. The smallest absolute Gasteiger partial charge is 0.0791 e. The Morgan fingerprint density at radius 1 is 1.29 bits per heavy atom. The first kappa shape index (κ1) is 14.9. The van der Waals surface area contributed by atoms with E-state index in [1.807, 2.05) is 0 Å². The van der Waals surface area contributed by atoms with E-state index in [2.05, 4.69) is 36.0 Å². The lowest BCUT2D eigenvalue weighted by atomic mass is 10.3. The van der Waals surface area contributed by atoms with Gasteiger partial charge >= 0.3 is 0 Å². The van der Waals surface area contributed by atoms with Crippen molar-refractivity contribution >= 4 is 0 Å². The predicted octanol–water partition coefficient (Wildman–Crippen LogP) is 0.373. The number of aliphatic hydroxyl groups excluding tert-OH is 1. The average molecular weight is 243 g/mol. The number of hydrogen-bond acceptors (Lipinski definition) is 4. The van der Waals surface area contributed by atoms with Gasteiger partial charge in [0, 0.05) is 32.2 Å². The highest BCUT2D eigenvalue weighted by molar-refractivity contribution is 4.82. The summed E-state index contributed by atoms with van der Waals surface area (Å²) >= 11 is 0. The Kier molecular flexibility index (Phi) is 7.04. The van der Waals surface area contributed by atoms with Gasteiger partial charge in [-0.25, -0.2) is 0 Å². The van der Waals surface area contributed by atoms with Gasteiger partial charge in [-0.3, -0.25) is 0 Å². The average Bonchev–Trinajstić information content (AvgIpc) is 3.15. The Morgan fingerprint density at radius 2 is 1.94 bits per heavy atom. The van der Waals surface area contributed by atoms with Gasteiger partial charge < -0.3 is 20.2 Å². The van der Waals surface area contributed by atoms with Gasteiger partial charge in [0.1, 0.15) is 0 Å². The van der Waals surface area contributed by atoms with Crippen LogP contribution in [0, 0.1) is 0 Å². The maximum Gasteiger partial charge on any atom is 0.0791 e. The molecule has 1 atom stereocenters. The first-order valence-electron chi connectivity index (χ1n) is 6.98. The van der Waals surface area contributed by atoms with Crippen LogP contribution in [-0.4, -0.2) is 73.4 Å². The number of hydrogen-bond donors (Lipinski definition) is 2. The molecule has 2 N–H and O–H groups in total. The molecule has 1 aliphatic rings. The van der Waals surface area contributed by atoms with Crippen LogP contribution < -0.4 is 5.32 Å². The van der Waals surface area contributed by atoms with E-state index < -0.39 is 0 Å². The van der Waals surface area contributed by atoms with Crippen LogP contribution in [0.4, 0.5) is 0 Å². The minimum absolute atomic E-state index is 0.249. The molecule has 4 nitrogen and oxygen atoms in total. The van der Waals surface area contributed by atoms with Gasteiger partial charge in [-0.05, 0) is 33.0 Å². The van der Waals surface area contributed by atoms with Gasteiger partial charge in [0.25, 0.3) is 0 Å². The normalized spacial score (nSPS) is 18.0. The minimum atomic E-state index is -0.249. The Bertz CT molecular complexity index is 193. The van der Waals surface area contributed by atoms with Crippen molar-refractivity contribution in [2.45, 2.75) is 38.8 Å². The van der Waals surface area contributed by atoms with Crippen molar-refractivity contribution in [2.24, 2.45) is 0 Å². The molecule has 0 aromatic rings. The lowest BCUT2D eigenvalue weighted by Crippen LogP contribution is -2.40. The molecule has 4 heteroatoms. The Morgan fingerprint density at radius 3 is 2.47 bits per heavy atom. The van der Waals surface area contributed by atoms with E-state index in [-0.39, 0.29) is 6.10 Å². The summed E-state index contributed by atoms with van der Waals surface area (Å²) in [6.45, 7) is 9.83. The first-order chi connectivity index (χ1) is 8.17. The lowest BCUT2D eigenvalue weighted by molar-refractivity contribution is 0.116. The quantitative estimate of drug-likeness (QED) is 0.544. The molecular weight excluding hydrogens is 214 g/mol. The molecule has 0 radical (unpaired) electrons. The van der Waals surface area contributed by atoms with Gasteiger partial charge in [0.15, 0.2) is 0 Å². The highest BCUT2D eigenvalue weighted by Gasteiger charge is 2.25. The molecule has 102 valence electrons. The number of nitrogens with one attached hydrogen (secondary N) is 1. The maximum absolute atomic E-state index is 9.85. The number of likely N-dealkylation sites (N-methyl/N-ethyl adjacent to an activating group) is 2. The summed E-state index contributed by atoms with van der Waals surface area (Å²) in [5.41, 5.74) is 0. The molecule has 0 bridgehead atoms. The van der Waals surface area contributed by atoms with Gasteiger partial charge in [0.05, 0.1) is 6.10 Å². The molecule has 1 fully saturated rings. The van der Waals surface area contributed by atoms with E-state index in [4.69, 9.17) is 0 Å². The third kappa shape index (κ3) is 6.36. The zero-order valence-corrected chi connectivity index (χ0v) is 11.7. The van der Waals surface area contributed by atoms with Crippen molar-refractivity contribution in [2.75, 3.05) is 46.3 Å². The predicted molar refractivity (Wildman–Crippen MR) is 72.3 cm³/mol. The first-order valence-corrected chi connectivity index (χ1v) is 6.98. The molecule has 17 heavy (non-hydrogen) atoms. The highest BCUT2D eigenvalue weighted by Crippen LogP contribution is 2.24. The third-order valence-electron chi connectivity index (χ3n) is 3.55. The molecular formula is C13H29N3O. The second-order valence-corrected chi connectivity index (χ2v) is 5.06. The Hall–Kier alpha value is -0.160. The molecule has 0 aromatic carbocycles. The van der Waals surface area contributed by atoms with Crippen molar-refractivity contribution < 1.29 is 5.11 Å². The largest absolute Gasteiger partial charge is 0.390 e. The standard InChI is InChI=1S/C13H29N3O/c1-4-16(5-2)11-13(17)10-14-8-9-15(3)12-6-7-12/h12-14,17H,4-11H2,1-3H3. The van der Waals surface area contributed by atoms with Crippen LogP contribution in [-0.2, 0) is 0 Å². The monoisotopic (exact) mass is 243 g/mol. The summed E-state index contributed by atoms with van der Waals surface area (Å²) in [6, 6.07) is 0.831. The van der Waals surface area contributed by atoms with Gasteiger partial charge in [0.2, 0.25) is 0 Å². The summed E-state index contributed by atoms with van der Waals surface area (Å²) < 4.78 is 0. The van der Waals surface area contributed by atoms with Gasteiger partial charge in [-0.15, -0.1) is 0 Å². The lowest BCUT2D eigenvalue weighted by Gasteiger charge is -2.22. The fourth-order valence-corrected chi connectivity index (χ4v) is 2.07. The molecule has 0 spiro atoms. The molecule has 1 saturated carbocycles. The summed E-state index contributed by atoms with van der Waals surface area (Å²) in [5, 5.41) is 13.2. The van der Waals surface area contributed by atoms with Crippen LogP contribution in [0.3, 0.4) is 0 Å². The van der Waals surface area contributed by atoms with E-state index in [1.54, 1.807) is 0 Å². The van der Waals surface area contributed by atoms with E-state index >= 15 is 0 Å². The molecule has 1 unspecified atom stereocenters. The fraction of sp³-hybridized carbons (Fsp3) is 1.00. The topological polar surface area (TPSA) is 38.7 Å². The minimum Gasteiger partial charge on any atom is -0.390 e. The highest BCUT2D eigenvalue weighted by atomic mass is 16.3. The van der Waals surface area contributed by atoms with Crippen LogP contribution in [0.2, 0.25) is 0 Å². The van der Waals surface area contributed by atoms with Crippen LogP contribution in [0.25, 0.3) is 0 Å². The Balaban J connectivity index is 1.97. The van der Waals surface area contributed by atoms with E-state index in [0.29, 0.717) is 6.54 Å². The molecule has 0 aromatic heterocycles. The van der Waals surface area contributed by atoms with Gasteiger partial charge in [-0.1, -0.05) is 13.8 Å². The van der Waals surface area contributed by atoms with Crippen molar-refractivity contribution in [1.82, 2.24) is 15.1 Å². The Labute approximate surface area is 106 Å². The SMILES string of the molecule is CCN(CC)CC(O)CNCCN(C)C1CC1. The third-order valence-corrected chi connectivity index (χ3v) is 3.55. The molecule has 1 aliphatic carbocycles. The summed E-state index contributed by atoms with van der Waals surface area (Å²) in [7, 11) is 2.19. The van der Waals surface area contributed by atoms with E-state index in [1.165, 1.54) is 12.8 Å². The van der Waals surface area contributed by atoms with E-state index in [0.717, 1.165) is 38.8 Å². The van der Waals surface area contributed by atoms with Gasteiger partial charge in [-0.2, -0.15) is 0 Å². The summed E-state index contributed by atoms with van der Waals surface area (Å²) in [4.78, 5) is 4.66. The molecule has 0 heterocycles. The maximum atomic E-state index is 9.85. The van der Waals surface area contributed by atoms with Crippen LogP contribution in [0.1, 0.15) is 26.7 Å². The number of rotatable bonds is 10. The van der Waals surface area contributed by atoms with Crippen molar-refractivity contribution in [1.29, 1.82) is 0 Å². The second-order valence-electron chi connectivity index (χ2n) is 5.06. The van der Waals surface area contributed by atoms with Crippen LogP contribution in [0.15, 0.2) is 0 Å². The van der Waals surface area contributed by atoms with Crippen LogP contribution >= 0.6 is 0 Å². The van der Waals surface area contributed by atoms with Crippen LogP contribution in [0.5, 0.6) is 0 Å². The second kappa shape index (κ2) is 8.03. The fourth-order valence-electron chi connectivity index (χ4n) is 2.07. The number of nitrogens with zero attached hydrogens (tertiary/aromatic N) is 2. The molecule has 1 rings (SSSR count).